The monoisotopic (exact) mass is 290 g/mol. The highest BCUT2D eigenvalue weighted by molar-refractivity contribution is 6.30. The SMILES string of the molecule is C[C@@H](Cc1ccc(Cl)cc1)NC(=O)c1nccnc1N. The molecule has 5 nitrogen and oxygen atoms in total. The van der Waals surface area contributed by atoms with Gasteiger partial charge in [-0.05, 0) is 31.0 Å². The van der Waals surface area contributed by atoms with Gasteiger partial charge in [0.1, 0.15) is 0 Å². The number of halogens is 1. The first kappa shape index (κ1) is 14.3. The van der Waals surface area contributed by atoms with Crippen LogP contribution in [0, 0.1) is 0 Å². The van der Waals surface area contributed by atoms with Crippen LogP contribution in [0.4, 0.5) is 5.82 Å². The van der Waals surface area contributed by atoms with E-state index in [1.54, 1.807) is 0 Å². The molecule has 20 heavy (non-hydrogen) atoms. The lowest BCUT2D eigenvalue weighted by Gasteiger charge is -2.14. The molecule has 1 amide bonds. The maximum atomic E-state index is 12.0. The van der Waals surface area contributed by atoms with Crippen LogP contribution < -0.4 is 11.1 Å². The van der Waals surface area contributed by atoms with Gasteiger partial charge in [-0.3, -0.25) is 4.79 Å². The summed E-state index contributed by atoms with van der Waals surface area (Å²) in [4.78, 5) is 19.8. The van der Waals surface area contributed by atoms with Gasteiger partial charge in [0, 0.05) is 23.5 Å². The summed E-state index contributed by atoms with van der Waals surface area (Å²) in [6.45, 7) is 1.92. The number of nitrogens with one attached hydrogen (secondary N) is 1. The molecule has 1 atom stereocenters. The van der Waals surface area contributed by atoms with E-state index in [9.17, 15) is 4.79 Å². The first-order chi connectivity index (χ1) is 9.56. The molecule has 0 spiro atoms. The Hall–Kier alpha value is -2.14. The Morgan fingerprint density at radius 1 is 1.30 bits per heavy atom. The van der Waals surface area contributed by atoms with Crippen molar-refractivity contribution in [3.8, 4) is 0 Å². The van der Waals surface area contributed by atoms with E-state index in [0.29, 0.717) is 11.4 Å². The van der Waals surface area contributed by atoms with E-state index < -0.39 is 0 Å². The number of amides is 1. The van der Waals surface area contributed by atoms with Gasteiger partial charge >= 0.3 is 0 Å². The van der Waals surface area contributed by atoms with Gasteiger partial charge in [-0.1, -0.05) is 23.7 Å². The molecule has 2 aromatic rings. The molecule has 0 bridgehead atoms. The standard InChI is InChI=1S/C14H15ClN4O/c1-9(8-10-2-4-11(15)5-3-10)19-14(20)12-13(16)18-7-6-17-12/h2-7,9H,8H2,1H3,(H2,16,18)(H,19,20)/t9-/m0/s1. The predicted octanol–water partition coefficient (Wildman–Crippen LogP) is 2.07. The second-order valence-electron chi connectivity index (χ2n) is 4.50. The Bertz CT molecular complexity index is 600. The second-order valence-corrected chi connectivity index (χ2v) is 4.93. The van der Waals surface area contributed by atoms with E-state index in [0.717, 1.165) is 5.56 Å². The van der Waals surface area contributed by atoms with Gasteiger partial charge in [0.2, 0.25) is 0 Å². The van der Waals surface area contributed by atoms with E-state index in [4.69, 9.17) is 17.3 Å². The minimum Gasteiger partial charge on any atom is -0.382 e. The maximum absolute atomic E-state index is 12.0. The molecule has 0 aliphatic rings. The largest absolute Gasteiger partial charge is 0.382 e. The Morgan fingerprint density at radius 2 is 1.95 bits per heavy atom. The van der Waals surface area contributed by atoms with E-state index in [1.165, 1.54) is 12.4 Å². The number of hydrogen-bond donors (Lipinski definition) is 2. The molecule has 0 aliphatic heterocycles. The van der Waals surface area contributed by atoms with Crippen LogP contribution in [0.25, 0.3) is 0 Å². The summed E-state index contributed by atoms with van der Waals surface area (Å²) in [7, 11) is 0. The minimum atomic E-state index is -0.322. The zero-order valence-electron chi connectivity index (χ0n) is 11.0. The molecular weight excluding hydrogens is 276 g/mol. The summed E-state index contributed by atoms with van der Waals surface area (Å²) in [5.74, 6) is -0.194. The topological polar surface area (TPSA) is 80.9 Å². The van der Waals surface area contributed by atoms with Crippen LogP contribution in [0.2, 0.25) is 5.02 Å². The summed E-state index contributed by atoms with van der Waals surface area (Å²) in [5.41, 5.74) is 6.86. The van der Waals surface area contributed by atoms with E-state index >= 15 is 0 Å². The van der Waals surface area contributed by atoms with E-state index in [2.05, 4.69) is 15.3 Å². The lowest BCUT2D eigenvalue weighted by molar-refractivity contribution is 0.0935. The molecule has 0 saturated carbocycles. The molecule has 104 valence electrons. The minimum absolute atomic E-state index is 0.0509. The van der Waals surface area contributed by atoms with Crippen LogP contribution in [-0.4, -0.2) is 21.9 Å². The number of nitrogens with zero attached hydrogens (tertiary/aromatic N) is 2. The molecule has 1 aromatic carbocycles. The summed E-state index contributed by atoms with van der Waals surface area (Å²) < 4.78 is 0. The number of hydrogen-bond acceptors (Lipinski definition) is 4. The maximum Gasteiger partial charge on any atom is 0.273 e. The van der Waals surface area contributed by atoms with Crippen molar-refractivity contribution >= 4 is 23.3 Å². The highest BCUT2D eigenvalue weighted by Crippen LogP contribution is 2.11. The summed E-state index contributed by atoms with van der Waals surface area (Å²) >= 11 is 5.83. The zero-order valence-corrected chi connectivity index (χ0v) is 11.8. The van der Waals surface area contributed by atoms with Crippen molar-refractivity contribution in [2.45, 2.75) is 19.4 Å². The van der Waals surface area contributed by atoms with Crippen LogP contribution in [0.5, 0.6) is 0 Å². The molecule has 2 rings (SSSR count). The van der Waals surface area contributed by atoms with Crippen molar-refractivity contribution in [3.63, 3.8) is 0 Å². The highest BCUT2D eigenvalue weighted by Gasteiger charge is 2.14. The lowest BCUT2D eigenvalue weighted by Crippen LogP contribution is -2.35. The fraction of sp³-hybridized carbons (Fsp3) is 0.214. The van der Waals surface area contributed by atoms with Crippen LogP contribution in [-0.2, 0) is 6.42 Å². The molecule has 0 aliphatic carbocycles. The van der Waals surface area contributed by atoms with Gasteiger partial charge in [-0.25, -0.2) is 9.97 Å². The number of carbonyl (C=O) groups excluding carboxylic acids is 1. The Labute approximate surface area is 122 Å². The Balaban J connectivity index is 1.98. The molecule has 3 N–H and O–H groups in total. The smallest absolute Gasteiger partial charge is 0.273 e. The van der Waals surface area contributed by atoms with E-state index in [1.807, 2.05) is 31.2 Å². The summed E-state index contributed by atoms with van der Waals surface area (Å²) in [6, 6.07) is 7.46. The van der Waals surface area contributed by atoms with Gasteiger partial charge in [0.25, 0.3) is 5.91 Å². The average Bonchev–Trinajstić information content (AvgIpc) is 2.41. The number of nitrogens with two attached hydrogens (primary N) is 1. The molecule has 0 saturated heterocycles. The molecule has 1 heterocycles. The van der Waals surface area contributed by atoms with Gasteiger partial charge in [0.05, 0.1) is 0 Å². The summed E-state index contributed by atoms with van der Waals surface area (Å²) in [5, 5.41) is 3.54. The van der Waals surface area contributed by atoms with Gasteiger partial charge in [-0.2, -0.15) is 0 Å². The van der Waals surface area contributed by atoms with Crippen molar-refractivity contribution < 1.29 is 4.79 Å². The number of aromatic nitrogens is 2. The highest BCUT2D eigenvalue weighted by atomic mass is 35.5. The van der Waals surface area contributed by atoms with Crippen molar-refractivity contribution in [1.82, 2.24) is 15.3 Å². The van der Waals surface area contributed by atoms with Crippen LogP contribution in [0.15, 0.2) is 36.7 Å². The summed E-state index contributed by atoms with van der Waals surface area (Å²) in [6.07, 6.45) is 3.58. The normalized spacial score (nSPS) is 11.9. The zero-order chi connectivity index (χ0) is 14.5. The Kier molecular flexibility index (Phi) is 4.53. The molecule has 0 unspecified atom stereocenters. The molecular formula is C14H15ClN4O. The predicted molar refractivity (Wildman–Crippen MR) is 78.5 cm³/mol. The number of carbonyl (C=O) groups is 1. The lowest BCUT2D eigenvalue weighted by atomic mass is 10.1. The number of anilines is 1. The molecule has 0 radical (unpaired) electrons. The van der Waals surface area contributed by atoms with Crippen LogP contribution in [0.1, 0.15) is 23.0 Å². The third-order valence-corrected chi connectivity index (χ3v) is 3.03. The number of nitrogen functional groups attached to an aromatic ring is 1. The molecule has 6 heteroatoms. The third kappa shape index (κ3) is 3.68. The van der Waals surface area contributed by atoms with Crippen molar-refractivity contribution in [3.05, 3.63) is 52.9 Å². The first-order valence-corrected chi connectivity index (χ1v) is 6.56. The van der Waals surface area contributed by atoms with E-state index in [-0.39, 0.29) is 23.5 Å². The molecule has 0 fully saturated rings. The third-order valence-electron chi connectivity index (χ3n) is 2.77. The van der Waals surface area contributed by atoms with Gasteiger partial charge in [-0.15, -0.1) is 0 Å². The average molecular weight is 291 g/mol. The van der Waals surface area contributed by atoms with Gasteiger partial charge < -0.3 is 11.1 Å². The Morgan fingerprint density at radius 3 is 2.60 bits per heavy atom. The second kappa shape index (κ2) is 6.34. The van der Waals surface area contributed by atoms with Crippen LogP contribution >= 0.6 is 11.6 Å². The van der Waals surface area contributed by atoms with Crippen LogP contribution in [0.3, 0.4) is 0 Å². The number of rotatable bonds is 4. The fourth-order valence-electron chi connectivity index (χ4n) is 1.84. The quantitative estimate of drug-likeness (QED) is 0.903. The van der Waals surface area contributed by atoms with Crippen molar-refractivity contribution in [2.75, 3.05) is 5.73 Å². The van der Waals surface area contributed by atoms with Crippen molar-refractivity contribution in [1.29, 1.82) is 0 Å². The number of benzene rings is 1. The molecule has 1 aromatic heterocycles. The van der Waals surface area contributed by atoms with Gasteiger partial charge in [0.15, 0.2) is 11.5 Å². The first-order valence-electron chi connectivity index (χ1n) is 6.18. The fourth-order valence-corrected chi connectivity index (χ4v) is 1.97. The van der Waals surface area contributed by atoms with Crippen molar-refractivity contribution in [2.24, 2.45) is 0 Å².